The van der Waals surface area contributed by atoms with Crippen molar-refractivity contribution in [3.8, 4) is 0 Å². The van der Waals surface area contributed by atoms with Crippen LogP contribution in [-0.2, 0) is 4.79 Å². The second-order valence-electron chi connectivity index (χ2n) is 8.71. The molecule has 0 radical (unpaired) electrons. The number of piperidine rings is 1. The summed E-state index contributed by atoms with van der Waals surface area (Å²) in [4.78, 5) is 29.2. The highest BCUT2D eigenvalue weighted by Crippen LogP contribution is 2.35. The molecule has 2 amide bonds. The number of likely N-dealkylation sites (tertiary alicyclic amines) is 1. The van der Waals surface area contributed by atoms with E-state index >= 15 is 0 Å². The number of hydrogen-bond acceptors (Lipinski definition) is 3. The molecule has 0 unspecified atom stereocenters. The Labute approximate surface area is 168 Å². The lowest BCUT2D eigenvalue weighted by Gasteiger charge is -2.48. The summed E-state index contributed by atoms with van der Waals surface area (Å²) in [6.07, 6.45) is 11.7. The Bertz CT molecular complexity index is 688. The van der Waals surface area contributed by atoms with Crippen LogP contribution >= 0.6 is 0 Å². The summed E-state index contributed by atoms with van der Waals surface area (Å²) in [7, 11) is 0. The van der Waals surface area contributed by atoms with Gasteiger partial charge >= 0.3 is 0 Å². The zero-order valence-corrected chi connectivity index (χ0v) is 16.9. The van der Waals surface area contributed by atoms with E-state index in [4.69, 9.17) is 0 Å². The molecular formula is C23H33N3O2. The molecule has 1 N–H and O–H groups in total. The van der Waals surface area contributed by atoms with E-state index in [9.17, 15) is 9.59 Å². The molecule has 0 aromatic heterocycles. The standard InChI is InChI=1S/C23H33N3O2/c27-21-8-7-17-26(21)20-11-9-19(10-12-20)22(28)24-18-23(13-3-1-4-14-23)25-15-5-2-6-16-25/h9-12H,1-8,13-18H2,(H,24,28). The Morgan fingerprint density at radius 2 is 1.57 bits per heavy atom. The molecule has 3 aliphatic rings. The molecule has 2 aliphatic heterocycles. The third-order valence-corrected chi connectivity index (χ3v) is 6.90. The molecule has 1 saturated carbocycles. The van der Waals surface area contributed by atoms with Gasteiger partial charge in [-0.05, 0) is 69.5 Å². The number of nitrogens with one attached hydrogen (secondary N) is 1. The van der Waals surface area contributed by atoms with Crippen LogP contribution in [0, 0.1) is 0 Å². The zero-order chi connectivity index (χ0) is 19.4. The monoisotopic (exact) mass is 383 g/mol. The summed E-state index contributed by atoms with van der Waals surface area (Å²) in [5, 5.41) is 3.24. The number of benzene rings is 1. The smallest absolute Gasteiger partial charge is 0.251 e. The van der Waals surface area contributed by atoms with Gasteiger partial charge in [-0.25, -0.2) is 0 Å². The first-order chi connectivity index (χ1) is 13.7. The molecule has 0 bridgehead atoms. The van der Waals surface area contributed by atoms with Crippen molar-refractivity contribution in [2.75, 3.05) is 31.1 Å². The molecule has 1 aromatic rings. The summed E-state index contributed by atoms with van der Waals surface area (Å²) in [6.45, 7) is 3.88. The number of carbonyl (C=O) groups excluding carboxylic acids is 2. The van der Waals surface area contributed by atoms with Crippen LogP contribution in [-0.4, -0.2) is 48.4 Å². The van der Waals surface area contributed by atoms with Gasteiger partial charge in [-0.15, -0.1) is 0 Å². The predicted molar refractivity (Wildman–Crippen MR) is 112 cm³/mol. The lowest BCUT2D eigenvalue weighted by atomic mass is 9.79. The van der Waals surface area contributed by atoms with Gasteiger partial charge in [0, 0.05) is 36.3 Å². The molecular weight excluding hydrogens is 350 g/mol. The van der Waals surface area contributed by atoms with Crippen LogP contribution in [0.25, 0.3) is 0 Å². The van der Waals surface area contributed by atoms with Crippen molar-refractivity contribution in [1.82, 2.24) is 10.2 Å². The normalized spacial score (nSPS) is 23.0. The minimum absolute atomic E-state index is 0.00116. The Hall–Kier alpha value is -1.88. The molecule has 152 valence electrons. The SMILES string of the molecule is O=C(NCC1(N2CCCCC2)CCCCC1)c1ccc(N2CCCC2=O)cc1. The van der Waals surface area contributed by atoms with Gasteiger partial charge in [0.05, 0.1) is 0 Å². The van der Waals surface area contributed by atoms with Crippen molar-refractivity contribution in [3.05, 3.63) is 29.8 Å². The van der Waals surface area contributed by atoms with Gasteiger partial charge in [-0.3, -0.25) is 14.5 Å². The van der Waals surface area contributed by atoms with E-state index < -0.39 is 0 Å². The fourth-order valence-corrected chi connectivity index (χ4v) is 5.24. The van der Waals surface area contributed by atoms with Gasteiger partial charge in [-0.1, -0.05) is 25.7 Å². The number of hydrogen-bond donors (Lipinski definition) is 1. The maximum atomic E-state index is 12.8. The molecule has 4 rings (SSSR count). The molecule has 0 atom stereocenters. The number of anilines is 1. The Balaban J connectivity index is 1.40. The molecule has 1 aromatic carbocycles. The molecule has 3 fully saturated rings. The topological polar surface area (TPSA) is 52.7 Å². The van der Waals surface area contributed by atoms with Gasteiger partial charge in [0.1, 0.15) is 0 Å². The van der Waals surface area contributed by atoms with E-state index in [-0.39, 0.29) is 17.4 Å². The molecule has 5 heteroatoms. The van der Waals surface area contributed by atoms with Crippen LogP contribution in [0.2, 0.25) is 0 Å². The second-order valence-corrected chi connectivity index (χ2v) is 8.71. The van der Waals surface area contributed by atoms with Gasteiger partial charge in [0.15, 0.2) is 0 Å². The van der Waals surface area contributed by atoms with Crippen LogP contribution in [0.4, 0.5) is 5.69 Å². The highest BCUT2D eigenvalue weighted by Gasteiger charge is 2.38. The lowest BCUT2D eigenvalue weighted by Crippen LogP contribution is -2.58. The van der Waals surface area contributed by atoms with Crippen molar-refractivity contribution in [3.63, 3.8) is 0 Å². The van der Waals surface area contributed by atoms with Crippen LogP contribution in [0.3, 0.4) is 0 Å². The van der Waals surface area contributed by atoms with Crippen LogP contribution in [0.1, 0.15) is 74.6 Å². The van der Waals surface area contributed by atoms with E-state index in [1.165, 1.54) is 64.5 Å². The van der Waals surface area contributed by atoms with Gasteiger partial charge in [-0.2, -0.15) is 0 Å². The minimum atomic E-state index is 0.00116. The molecule has 1 aliphatic carbocycles. The van der Waals surface area contributed by atoms with Crippen molar-refractivity contribution in [2.45, 2.75) is 69.7 Å². The first-order valence-electron chi connectivity index (χ1n) is 11.1. The van der Waals surface area contributed by atoms with Gasteiger partial charge < -0.3 is 10.2 Å². The van der Waals surface area contributed by atoms with E-state index in [2.05, 4.69) is 10.2 Å². The van der Waals surface area contributed by atoms with E-state index in [0.29, 0.717) is 12.0 Å². The van der Waals surface area contributed by atoms with Crippen molar-refractivity contribution in [2.24, 2.45) is 0 Å². The second kappa shape index (κ2) is 8.64. The van der Waals surface area contributed by atoms with Crippen LogP contribution in [0.15, 0.2) is 24.3 Å². The largest absolute Gasteiger partial charge is 0.350 e. The van der Waals surface area contributed by atoms with E-state index in [0.717, 1.165) is 25.2 Å². The van der Waals surface area contributed by atoms with Crippen LogP contribution in [0.5, 0.6) is 0 Å². The quantitative estimate of drug-likeness (QED) is 0.843. The highest BCUT2D eigenvalue weighted by atomic mass is 16.2. The molecule has 5 nitrogen and oxygen atoms in total. The average Bonchev–Trinajstić information content (AvgIpc) is 3.19. The number of amides is 2. The summed E-state index contributed by atoms with van der Waals surface area (Å²) in [5.41, 5.74) is 1.73. The summed E-state index contributed by atoms with van der Waals surface area (Å²) >= 11 is 0. The fraction of sp³-hybridized carbons (Fsp3) is 0.652. The minimum Gasteiger partial charge on any atom is -0.350 e. The van der Waals surface area contributed by atoms with Gasteiger partial charge in [0.25, 0.3) is 5.91 Å². The Morgan fingerprint density at radius 1 is 0.893 bits per heavy atom. The Kier molecular flexibility index (Phi) is 6.00. The zero-order valence-electron chi connectivity index (χ0n) is 16.9. The van der Waals surface area contributed by atoms with Crippen molar-refractivity contribution in [1.29, 1.82) is 0 Å². The first kappa shape index (κ1) is 19.4. The molecule has 0 spiro atoms. The fourth-order valence-electron chi connectivity index (χ4n) is 5.24. The van der Waals surface area contributed by atoms with Crippen LogP contribution < -0.4 is 10.2 Å². The maximum Gasteiger partial charge on any atom is 0.251 e. The van der Waals surface area contributed by atoms with E-state index in [1.54, 1.807) is 0 Å². The molecule has 2 saturated heterocycles. The molecule has 2 heterocycles. The van der Waals surface area contributed by atoms with Gasteiger partial charge in [0.2, 0.25) is 5.91 Å². The third kappa shape index (κ3) is 4.09. The van der Waals surface area contributed by atoms with Crippen molar-refractivity contribution < 1.29 is 9.59 Å². The summed E-state index contributed by atoms with van der Waals surface area (Å²) in [5.74, 6) is 0.180. The third-order valence-electron chi connectivity index (χ3n) is 6.90. The number of rotatable bonds is 5. The lowest BCUT2D eigenvalue weighted by molar-refractivity contribution is -0.117. The maximum absolute atomic E-state index is 12.8. The predicted octanol–water partition coefficient (Wildman–Crippen LogP) is 3.73. The summed E-state index contributed by atoms with van der Waals surface area (Å²) < 4.78 is 0. The first-order valence-corrected chi connectivity index (χ1v) is 11.1. The number of nitrogens with zero attached hydrogens (tertiary/aromatic N) is 2. The van der Waals surface area contributed by atoms with Crippen molar-refractivity contribution >= 4 is 17.5 Å². The summed E-state index contributed by atoms with van der Waals surface area (Å²) in [6, 6.07) is 7.51. The number of carbonyl (C=O) groups is 2. The average molecular weight is 384 g/mol. The Morgan fingerprint density at radius 3 is 2.21 bits per heavy atom. The van der Waals surface area contributed by atoms with E-state index in [1.807, 2.05) is 29.2 Å². The molecule has 28 heavy (non-hydrogen) atoms. The highest BCUT2D eigenvalue weighted by molar-refractivity contribution is 5.97.